The molecule has 1 aromatic heterocycles. The molecular formula is C24H20F2N4OS. The summed E-state index contributed by atoms with van der Waals surface area (Å²) in [5, 5.41) is 11.9. The SMILES string of the molecule is Cc1nnc(SCc2ccccc2C(=O)NCc2ccc(F)cc2)n1-c1ccc(F)cc1. The summed E-state index contributed by atoms with van der Waals surface area (Å²) in [5.41, 5.74) is 2.99. The number of amides is 1. The molecule has 1 amide bonds. The second-order valence-corrected chi connectivity index (χ2v) is 8.04. The summed E-state index contributed by atoms with van der Waals surface area (Å²) in [4.78, 5) is 12.8. The number of hydrogen-bond donors (Lipinski definition) is 1. The molecule has 0 atom stereocenters. The molecule has 0 saturated carbocycles. The number of carbonyl (C=O) groups excluding carboxylic acids is 1. The lowest BCUT2D eigenvalue weighted by Gasteiger charge is -2.11. The van der Waals surface area contributed by atoms with Gasteiger partial charge in [0.15, 0.2) is 5.16 Å². The fraction of sp³-hybridized carbons (Fsp3) is 0.125. The number of thioether (sulfide) groups is 1. The predicted molar refractivity (Wildman–Crippen MR) is 120 cm³/mol. The van der Waals surface area contributed by atoms with E-state index < -0.39 is 0 Å². The number of nitrogens with zero attached hydrogens (tertiary/aromatic N) is 3. The molecule has 162 valence electrons. The number of nitrogens with one attached hydrogen (secondary N) is 1. The summed E-state index contributed by atoms with van der Waals surface area (Å²) < 4.78 is 28.2. The minimum Gasteiger partial charge on any atom is -0.348 e. The summed E-state index contributed by atoms with van der Waals surface area (Å²) in [6.45, 7) is 2.13. The first-order valence-corrected chi connectivity index (χ1v) is 10.9. The van der Waals surface area contributed by atoms with Crippen LogP contribution in [-0.4, -0.2) is 20.7 Å². The van der Waals surface area contributed by atoms with Gasteiger partial charge in [0.05, 0.1) is 0 Å². The molecule has 0 aliphatic rings. The van der Waals surface area contributed by atoms with Crippen molar-refractivity contribution in [1.29, 1.82) is 0 Å². The first-order valence-electron chi connectivity index (χ1n) is 9.92. The molecule has 4 rings (SSSR count). The molecule has 4 aromatic rings. The molecule has 0 aliphatic heterocycles. The van der Waals surface area contributed by atoms with E-state index in [4.69, 9.17) is 0 Å². The van der Waals surface area contributed by atoms with Crippen LogP contribution in [0.2, 0.25) is 0 Å². The van der Waals surface area contributed by atoms with Gasteiger partial charge in [0.25, 0.3) is 5.91 Å². The Morgan fingerprint density at radius 1 is 0.938 bits per heavy atom. The van der Waals surface area contributed by atoms with Crippen molar-refractivity contribution in [1.82, 2.24) is 20.1 Å². The van der Waals surface area contributed by atoms with Crippen molar-refractivity contribution >= 4 is 17.7 Å². The van der Waals surface area contributed by atoms with Crippen molar-refractivity contribution in [2.45, 2.75) is 24.4 Å². The van der Waals surface area contributed by atoms with Gasteiger partial charge in [-0.2, -0.15) is 0 Å². The Morgan fingerprint density at radius 3 is 2.31 bits per heavy atom. The zero-order chi connectivity index (χ0) is 22.5. The smallest absolute Gasteiger partial charge is 0.251 e. The van der Waals surface area contributed by atoms with Crippen LogP contribution in [0.5, 0.6) is 0 Å². The van der Waals surface area contributed by atoms with Gasteiger partial charge in [0.1, 0.15) is 17.5 Å². The highest BCUT2D eigenvalue weighted by atomic mass is 32.2. The number of rotatable bonds is 7. The maximum Gasteiger partial charge on any atom is 0.251 e. The molecule has 0 bridgehead atoms. The van der Waals surface area contributed by atoms with Crippen molar-refractivity contribution in [3.8, 4) is 5.69 Å². The van der Waals surface area contributed by atoms with Gasteiger partial charge in [-0.15, -0.1) is 10.2 Å². The lowest BCUT2D eigenvalue weighted by Crippen LogP contribution is -2.23. The normalized spacial score (nSPS) is 10.8. The Kier molecular flexibility index (Phi) is 6.61. The maximum absolute atomic E-state index is 13.3. The maximum atomic E-state index is 13.3. The second-order valence-electron chi connectivity index (χ2n) is 7.10. The summed E-state index contributed by atoms with van der Waals surface area (Å²) in [5.74, 6) is 0.353. The molecule has 0 saturated heterocycles. The minimum atomic E-state index is -0.314. The van der Waals surface area contributed by atoms with Gasteiger partial charge in [-0.05, 0) is 60.5 Å². The Hall–Kier alpha value is -3.52. The van der Waals surface area contributed by atoms with Gasteiger partial charge >= 0.3 is 0 Å². The molecule has 32 heavy (non-hydrogen) atoms. The fourth-order valence-electron chi connectivity index (χ4n) is 3.21. The molecule has 0 unspecified atom stereocenters. The van der Waals surface area contributed by atoms with Crippen LogP contribution in [0.1, 0.15) is 27.3 Å². The van der Waals surface area contributed by atoms with E-state index in [1.165, 1.54) is 36.0 Å². The highest BCUT2D eigenvalue weighted by Gasteiger charge is 2.15. The Balaban J connectivity index is 1.48. The van der Waals surface area contributed by atoms with E-state index >= 15 is 0 Å². The first-order chi connectivity index (χ1) is 15.5. The van der Waals surface area contributed by atoms with Crippen LogP contribution in [0.4, 0.5) is 8.78 Å². The summed E-state index contributed by atoms with van der Waals surface area (Å²) in [6.07, 6.45) is 0. The van der Waals surface area contributed by atoms with Crippen molar-refractivity contribution in [2.75, 3.05) is 0 Å². The summed E-state index contributed by atoms with van der Waals surface area (Å²) >= 11 is 1.44. The molecule has 0 radical (unpaired) electrons. The summed E-state index contributed by atoms with van der Waals surface area (Å²) in [6, 6.07) is 19.5. The zero-order valence-electron chi connectivity index (χ0n) is 17.3. The Bertz CT molecular complexity index is 1220. The Labute approximate surface area is 188 Å². The largest absolute Gasteiger partial charge is 0.348 e. The van der Waals surface area contributed by atoms with Crippen LogP contribution in [0.3, 0.4) is 0 Å². The van der Waals surface area contributed by atoms with E-state index in [0.717, 1.165) is 16.8 Å². The highest BCUT2D eigenvalue weighted by molar-refractivity contribution is 7.98. The van der Waals surface area contributed by atoms with Crippen molar-refractivity contribution in [3.05, 3.63) is 107 Å². The average Bonchev–Trinajstić information content (AvgIpc) is 3.18. The number of aryl methyl sites for hydroxylation is 1. The molecule has 0 aliphatic carbocycles. The van der Waals surface area contributed by atoms with Crippen LogP contribution in [-0.2, 0) is 12.3 Å². The lowest BCUT2D eigenvalue weighted by molar-refractivity contribution is 0.0950. The third-order valence-electron chi connectivity index (χ3n) is 4.87. The molecule has 1 heterocycles. The first kappa shape index (κ1) is 21.7. The number of hydrogen-bond acceptors (Lipinski definition) is 4. The standard InChI is InChI=1S/C24H20F2N4OS/c1-16-28-29-24(30(16)21-12-10-20(26)11-13-21)32-15-18-4-2-3-5-22(18)23(31)27-14-17-6-8-19(25)9-7-17/h2-13H,14-15H2,1H3,(H,27,31). The van der Waals surface area contributed by atoms with Gasteiger partial charge in [0, 0.05) is 23.5 Å². The van der Waals surface area contributed by atoms with E-state index in [1.54, 1.807) is 30.3 Å². The van der Waals surface area contributed by atoms with Gasteiger partial charge in [0.2, 0.25) is 0 Å². The number of carbonyl (C=O) groups is 1. The fourth-order valence-corrected chi connectivity index (χ4v) is 4.22. The molecule has 0 fully saturated rings. The van der Waals surface area contributed by atoms with Gasteiger partial charge < -0.3 is 5.32 Å². The Morgan fingerprint density at radius 2 is 1.59 bits per heavy atom. The van der Waals surface area contributed by atoms with Gasteiger partial charge in [-0.1, -0.05) is 42.1 Å². The van der Waals surface area contributed by atoms with E-state index in [2.05, 4.69) is 15.5 Å². The third-order valence-corrected chi connectivity index (χ3v) is 5.84. The van der Waals surface area contributed by atoms with Crippen LogP contribution in [0.15, 0.2) is 78.0 Å². The molecule has 3 aromatic carbocycles. The van der Waals surface area contributed by atoms with Crippen molar-refractivity contribution < 1.29 is 13.6 Å². The summed E-state index contributed by atoms with van der Waals surface area (Å²) in [7, 11) is 0. The predicted octanol–water partition coefficient (Wildman–Crippen LogP) is 5.08. The topological polar surface area (TPSA) is 59.8 Å². The number of aromatic nitrogens is 3. The second kappa shape index (κ2) is 9.74. The third kappa shape index (κ3) is 5.03. The van der Waals surface area contributed by atoms with Gasteiger partial charge in [-0.25, -0.2) is 8.78 Å². The van der Waals surface area contributed by atoms with E-state index in [9.17, 15) is 13.6 Å². The van der Waals surface area contributed by atoms with E-state index in [-0.39, 0.29) is 17.5 Å². The van der Waals surface area contributed by atoms with E-state index in [1.807, 2.05) is 29.7 Å². The monoisotopic (exact) mass is 450 g/mol. The molecular weight excluding hydrogens is 430 g/mol. The van der Waals surface area contributed by atoms with Crippen molar-refractivity contribution in [3.63, 3.8) is 0 Å². The van der Waals surface area contributed by atoms with Crippen LogP contribution >= 0.6 is 11.8 Å². The van der Waals surface area contributed by atoms with Crippen LogP contribution in [0, 0.1) is 18.6 Å². The molecule has 0 spiro atoms. The number of benzene rings is 3. The molecule has 8 heteroatoms. The van der Waals surface area contributed by atoms with E-state index in [0.29, 0.717) is 28.8 Å². The quantitative estimate of drug-likeness (QED) is 0.399. The molecule has 1 N–H and O–H groups in total. The van der Waals surface area contributed by atoms with Crippen LogP contribution < -0.4 is 5.32 Å². The average molecular weight is 451 g/mol. The van der Waals surface area contributed by atoms with Crippen LogP contribution in [0.25, 0.3) is 5.69 Å². The van der Waals surface area contributed by atoms with Crippen molar-refractivity contribution in [2.24, 2.45) is 0 Å². The minimum absolute atomic E-state index is 0.207. The zero-order valence-corrected chi connectivity index (χ0v) is 18.1. The lowest BCUT2D eigenvalue weighted by atomic mass is 10.1. The highest BCUT2D eigenvalue weighted by Crippen LogP contribution is 2.26. The number of halogens is 2. The molecule has 5 nitrogen and oxygen atoms in total. The van der Waals surface area contributed by atoms with Gasteiger partial charge in [-0.3, -0.25) is 9.36 Å².